The summed E-state index contributed by atoms with van der Waals surface area (Å²) in [5, 5.41) is 14.8. The van der Waals surface area contributed by atoms with Crippen LogP contribution in [-0.4, -0.2) is 73.9 Å². The number of hydrogen-bond donors (Lipinski definition) is 2. The number of hydrogen-bond acceptors (Lipinski definition) is 8. The molecular formula is C38H34F4N6O2. The minimum Gasteiger partial charge on any atom is -0.508 e. The zero-order chi connectivity index (χ0) is 34.6. The standard InChI is InChI=1S/C38H34F4N6O2/c1-3-25-28(39)5-4-22-12-24(49)13-26(30(22)25)32-31(42)33-27(16-43-32)34(47-18-23-6-7-36(19-47,46-23)15-29(40)41)45-35(44-33)50-20-38-11-10-37(8-9-37)48(38)17-21(2)14-38/h1,4-5,12-13,15-16,23,46,49H,2,6-11,14,17-20H2. The summed E-state index contributed by atoms with van der Waals surface area (Å²) in [7, 11) is 0. The maximum Gasteiger partial charge on any atom is 0.319 e. The zero-order valence-corrected chi connectivity index (χ0v) is 27.2. The van der Waals surface area contributed by atoms with Crippen LogP contribution in [0.2, 0.25) is 0 Å². The molecule has 9 rings (SSSR count). The van der Waals surface area contributed by atoms with Crippen LogP contribution in [-0.2, 0) is 0 Å². The third-order valence-corrected chi connectivity index (χ3v) is 11.6. The molecule has 5 fully saturated rings. The Kier molecular flexibility index (Phi) is 6.81. The number of phenolic OH excluding ortho intramolecular Hbond substituents is 1. The minimum absolute atomic E-state index is 0.0459. The van der Waals surface area contributed by atoms with E-state index in [9.17, 15) is 18.3 Å². The van der Waals surface area contributed by atoms with E-state index >= 15 is 4.39 Å². The van der Waals surface area contributed by atoms with E-state index in [1.54, 1.807) is 0 Å². The van der Waals surface area contributed by atoms with E-state index in [1.165, 1.54) is 30.5 Å². The number of ether oxygens (including phenoxy) is 1. The second-order valence-corrected chi connectivity index (χ2v) is 14.8. The molecule has 2 N–H and O–H groups in total. The molecule has 2 aromatic heterocycles. The lowest BCUT2D eigenvalue weighted by atomic mass is 9.94. The first kappa shape index (κ1) is 31.3. The average molecular weight is 683 g/mol. The number of aromatic nitrogens is 3. The molecule has 4 saturated heterocycles. The monoisotopic (exact) mass is 682 g/mol. The molecule has 4 aliphatic heterocycles. The summed E-state index contributed by atoms with van der Waals surface area (Å²) < 4.78 is 65.7. The molecule has 4 aromatic rings. The van der Waals surface area contributed by atoms with Gasteiger partial charge in [-0.25, -0.2) is 8.78 Å². The Balaban J connectivity index is 1.19. The number of phenols is 1. The molecule has 6 heterocycles. The maximum absolute atomic E-state index is 17.0. The number of nitrogens with zero attached hydrogens (tertiary/aromatic N) is 5. The largest absolute Gasteiger partial charge is 0.508 e. The molecule has 1 saturated carbocycles. The number of anilines is 1. The second kappa shape index (κ2) is 10.9. The maximum atomic E-state index is 17.0. The van der Waals surface area contributed by atoms with Gasteiger partial charge in [0.25, 0.3) is 6.08 Å². The topological polar surface area (TPSA) is 86.6 Å². The SMILES string of the molecule is C#Cc1c(F)ccc2cc(O)cc(-c3ncc4c(N5CC6CCC(C=C(F)F)(C5)N6)nc(OCC56CCC7(CC7)N5CC(=C)C6)nc4c3F)c12. The fraction of sp³-hybridized carbons (Fsp3) is 0.395. The summed E-state index contributed by atoms with van der Waals surface area (Å²) in [4.78, 5) is 18.3. The average Bonchev–Trinajstić information content (AvgIpc) is 3.62. The van der Waals surface area contributed by atoms with Crippen LogP contribution in [0.4, 0.5) is 23.4 Å². The van der Waals surface area contributed by atoms with Gasteiger partial charge in [-0.15, -0.1) is 6.42 Å². The van der Waals surface area contributed by atoms with E-state index in [1.807, 2.05) is 4.90 Å². The summed E-state index contributed by atoms with van der Waals surface area (Å²) in [5.41, 5.74) is -0.187. The van der Waals surface area contributed by atoms with E-state index < -0.39 is 23.3 Å². The Morgan fingerprint density at radius 1 is 1.16 bits per heavy atom. The van der Waals surface area contributed by atoms with Crippen LogP contribution in [0.15, 0.2) is 54.8 Å². The van der Waals surface area contributed by atoms with Crippen molar-refractivity contribution >= 4 is 27.5 Å². The highest BCUT2D eigenvalue weighted by Gasteiger charge is 2.63. The first-order chi connectivity index (χ1) is 24.0. The van der Waals surface area contributed by atoms with Crippen molar-refractivity contribution in [3.05, 3.63) is 72.0 Å². The Morgan fingerprint density at radius 2 is 1.98 bits per heavy atom. The number of rotatable bonds is 6. The molecule has 256 valence electrons. The van der Waals surface area contributed by atoms with Gasteiger partial charge in [-0.2, -0.15) is 18.7 Å². The van der Waals surface area contributed by atoms with Crippen molar-refractivity contribution in [1.82, 2.24) is 25.2 Å². The molecule has 0 radical (unpaired) electrons. The zero-order valence-electron chi connectivity index (χ0n) is 27.2. The van der Waals surface area contributed by atoms with E-state index in [2.05, 4.69) is 32.7 Å². The minimum atomic E-state index is -1.78. The van der Waals surface area contributed by atoms with Crippen molar-refractivity contribution in [2.24, 2.45) is 0 Å². The molecule has 3 atom stereocenters. The van der Waals surface area contributed by atoms with Gasteiger partial charge in [0, 0.05) is 54.4 Å². The van der Waals surface area contributed by atoms with Gasteiger partial charge in [0.05, 0.1) is 22.0 Å². The molecular weight excluding hydrogens is 648 g/mol. The molecule has 2 aromatic carbocycles. The number of fused-ring (bicyclic) bond motifs is 6. The van der Waals surface area contributed by atoms with Gasteiger partial charge in [0.15, 0.2) is 5.82 Å². The van der Waals surface area contributed by atoms with Crippen LogP contribution in [0, 0.1) is 24.0 Å². The number of aromatic hydroxyl groups is 1. The third-order valence-electron chi connectivity index (χ3n) is 11.6. The fourth-order valence-corrected chi connectivity index (χ4v) is 9.28. The molecule has 5 aliphatic rings. The van der Waals surface area contributed by atoms with E-state index in [-0.39, 0.29) is 75.1 Å². The number of halogens is 4. The van der Waals surface area contributed by atoms with Gasteiger partial charge in [-0.3, -0.25) is 9.88 Å². The van der Waals surface area contributed by atoms with E-state index in [0.29, 0.717) is 30.6 Å². The van der Waals surface area contributed by atoms with Crippen LogP contribution in [0.1, 0.15) is 50.5 Å². The van der Waals surface area contributed by atoms with Crippen molar-refractivity contribution in [2.75, 3.05) is 31.1 Å². The molecule has 1 spiro atoms. The van der Waals surface area contributed by atoms with Gasteiger partial charge in [0.1, 0.15) is 35.2 Å². The third kappa shape index (κ3) is 4.77. The molecule has 0 amide bonds. The lowest BCUT2D eigenvalue weighted by molar-refractivity contribution is 0.0774. The number of pyridine rings is 1. The Hall–Kier alpha value is -4.73. The van der Waals surface area contributed by atoms with Gasteiger partial charge in [-0.05, 0) is 68.5 Å². The van der Waals surface area contributed by atoms with Gasteiger partial charge in [-0.1, -0.05) is 24.1 Å². The molecule has 3 unspecified atom stereocenters. The van der Waals surface area contributed by atoms with Gasteiger partial charge < -0.3 is 20.1 Å². The van der Waals surface area contributed by atoms with Crippen molar-refractivity contribution < 1.29 is 27.4 Å². The van der Waals surface area contributed by atoms with E-state index in [4.69, 9.17) is 16.1 Å². The van der Waals surface area contributed by atoms with Crippen LogP contribution in [0.3, 0.4) is 0 Å². The smallest absolute Gasteiger partial charge is 0.319 e. The molecule has 2 bridgehead atoms. The molecule has 50 heavy (non-hydrogen) atoms. The van der Waals surface area contributed by atoms with Crippen molar-refractivity contribution in [2.45, 2.75) is 67.6 Å². The Morgan fingerprint density at radius 3 is 2.76 bits per heavy atom. The second-order valence-electron chi connectivity index (χ2n) is 14.8. The summed E-state index contributed by atoms with van der Waals surface area (Å²) in [6, 6.07) is 5.23. The summed E-state index contributed by atoms with van der Waals surface area (Å²) in [6.45, 7) is 5.99. The van der Waals surface area contributed by atoms with Crippen LogP contribution >= 0.6 is 0 Å². The van der Waals surface area contributed by atoms with Crippen molar-refractivity contribution in [3.8, 4) is 35.4 Å². The van der Waals surface area contributed by atoms with Gasteiger partial charge in [0.2, 0.25) is 0 Å². The van der Waals surface area contributed by atoms with Crippen LogP contribution < -0.4 is 15.0 Å². The Bertz CT molecular complexity index is 2210. The normalized spacial score (nSPS) is 26.5. The van der Waals surface area contributed by atoms with Gasteiger partial charge >= 0.3 is 6.01 Å². The lowest BCUT2D eigenvalue weighted by Gasteiger charge is -2.40. The highest BCUT2D eigenvalue weighted by atomic mass is 19.3. The Labute approximate surface area is 285 Å². The molecule has 12 heteroatoms. The predicted octanol–water partition coefficient (Wildman–Crippen LogP) is 6.61. The first-order valence-electron chi connectivity index (χ1n) is 16.9. The summed E-state index contributed by atoms with van der Waals surface area (Å²) in [6.07, 6.45) is 12.6. The molecule has 1 aliphatic carbocycles. The number of nitrogens with one attached hydrogen (secondary N) is 1. The fourth-order valence-electron chi connectivity index (χ4n) is 9.28. The van der Waals surface area contributed by atoms with Crippen LogP contribution in [0.5, 0.6) is 11.8 Å². The van der Waals surface area contributed by atoms with Crippen LogP contribution in [0.25, 0.3) is 32.9 Å². The lowest BCUT2D eigenvalue weighted by Crippen LogP contribution is -2.59. The summed E-state index contributed by atoms with van der Waals surface area (Å²) >= 11 is 0. The van der Waals surface area contributed by atoms with E-state index in [0.717, 1.165) is 50.3 Å². The summed E-state index contributed by atoms with van der Waals surface area (Å²) in [5.74, 6) is 0.982. The first-order valence-corrected chi connectivity index (χ1v) is 16.9. The van der Waals surface area contributed by atoms with Crippen molar-refractivity contribution in [3.63, 3.8) is 0 Å². The predicted molar refractivity (Wildman–Crippen MR) is 181 cm³/mol. The number of piperazine rings is 1. The highest BCUT2D eigenvalue weighted by Crippen LogP contribution is 2.59. The van der Waals surface area contributed by atoms with Crippen molar-refractivity contribution in [1.29, 1.82) is 0 Å². The number of benzene rings is 2. The number of terminal acetylenes is 1. The quantitative estimate of drug-likeness (QED) is 0.134. The molecule has 8 nitrogen and oxygen atoms in total. The highest BCUT2D eigenvalue weighted by molar-refractivity contribution is 6.03.